The summed E-state index contributed by atoms with van der Waals surface area (Å²) in [7, 11) is 0. The molecule has 8 nitrogen and oxygen atoms in total. The first-order valence-corrected chi connectivity index (χ1v) is 8.56. The fourth-order valence-electron chi connectivity index (χ4n) is 3.13. The Morgan fingerprint density at radius 3 is 2.88 bits per heavy atom. The van der Waals surface area contributed by atoms with E-state index in [9.17, 15) is 4.79 Å². The van der Waals surface area contributed by atoms with E-state index in [1.54, 1.807) is 4.68 Å². The average molecular weight is 343 g/mol. The molecule has 1 saturated heterocycles. The molecule has 1 aromatic carbocycles. The maximum atomic E-state index is 12.8. The van der Waals surface area contributed by atoms with Crippen LogP contribution in [0.15, 0.2) is 18.2 Å². The maximum absolute atomic E-state index is 12.8. The van der Waals surface area contributed by atoms with Crippen LogP contribution in [0.1, 0.15) is 22.6 Å². The number of hydrogen-bond donors (Lipinski definition) is 1. The second-order valence-corrected chi connectivity index (χ2v) is 6.16. The molecule has 1 N–H and O–H groups in total. The lowest BCUT2D eigenvalue weighted by Crippen LogP contribution is -2.34. The monoisotopic (exact) mass is 343 g/mol. The lowest BCUT2D eigenvalue weighted by atomic mass is 10.2. The number of carbonyl (C=O) groups is 1. The third-order valence-corrected chi connectivity index (χ3v) is 4.49. The van der Waals surface area contributed by atoms with Crippen molar-refractivity contribution in [2.24, 2.45) is 0 Å². The van der Waals surface area contributed by atoms with Gasteiger partial charge in [0.1, 0.15) is 13.2 Å². The second-order valence-electron chi connectivity index (χ2n) is 6.16. The van der Waals surface area contributed by atoms with Crippen molar-refractivity contribution in [3.8, 4) is 17.2 Å². The van der Waals surface area contributed by atoms with E-state index in [2.05, 4.69) is 15.6 Å². The number of nitrogens with zero attached hydrogens (tertiary/aromatic N) is 4. The number of fused-ring (bicyclic) bond motifs is 1. The number of benzene rings is 1. The van der Waals surface area contributed by atoms with Gasteiger partial charge in [-0.2, -0.15) is 0 Å². The summed E-state index contributed by atoms with van der Waals surface area (Å²) < 4.78 is 12.8. The van der Waals surface area contributed by atoms with Gasteiger partial charge in [-0.15, -0.1) is 5.10 Å². The molecular weight excluding hydrogens is 322 g/mol. The smallest absolute Gasteiger partial charge is 0.276 e. The largest absolute Gasteiger partial charge is 0.486 e. The fraction of sp³-hybridized carbons (Fsp3) is 0.471. The molecule has 1 fully saturated rings. The molecule has 0 spiro atoms. The molecule has 0 bridgehead atoms. The zero-order valence-corrected chi connectivity index (χ0v) is 14.2. The molecular formula is C17H21N5O3. The van der Waals surface area contributed by atoms with Gasteiger partial charge in [0.25, 0.3) is 5.91 Å². The van der Waals surface area contributed by atoms with E-state index in [1.165, 1.54) is 0 Å². The number of rotatable bonds is 2. The summed E-state index contributed by atoms with van der Waals surface area (Å²) >= 11 is 0. The van der Waals surface area contributed by atoms with Crippen molar-refractivity contribution < 1.29 is 14.3 Å². The van der Waals surface area contributed by atoms with Crippen molar-refractivity contribution in [2.75, 3.05) is 39.4 Å². The summed E-state index contributed by atoms with van der Waals surface area (Å²) in [6.45, 7) is 6.11. The van der Waals surface area contributed by atoms with Gasteiger partial charge in [0.2, 0.25) is 0 Å². The van der Waals surface area contributed by atoms with Gasteiger partial charge in [0, 0.05) is 25.7 Å². The quantitative estimate of drug-likeness (QED) is 0.868. The fourth-order valence-corrected chi connectivity index (χ4v) is 3.13. The van der Waals surface area contributed by atoms with Gasteiger partial charge >= 0.3 is 0 Å². The van der Waals surface area contributed by atoms with Crippen LogP contribution in [0.5, 0.6) is 11.5 Å². The van der Waals surface area contributed by atoms with Crippen LogP contribution < -0.4 is 14.8 Å². The predicted octanol–water partition coefficient (Wildman–Crippen LogP) is 0.782. The number of aromatic nitrogens is 3. The van der Waals surface area contributed by atoms with E-state index < -0.39 is 0 Å². The van der Waals surface area contributed by atoms with Gasteiger partial charge in [0.15, 0.2) is 17.2 Å². The zero-order valence-electron chi connectivity index (χ0n) is 14.2. The Morgan fingerprint density at radius 2 is 2.00 bits per heavy atom. The molecule has 0 atom stereocenters. The first-order valence-electron chi connectivity index (χ1n) is 8.56. The zero-order chi connectivity index (χ0) is 17.2. The molecule has 25 heavy (non-hydrogen) atoms. The number of carbonyl (C=O) groups excluding carboxylic acids is 1. The van der Waals surface area contributed by atoms with Crippen LogP contribution in [0.3, 0.4) is 0 Å². The van der Waals surface area contributed by atoms with E-state index in [-0.39, 0.29) is 5.91 Å². The summed E-state index contributed by atoms with van der Waals surface area (Å²) in [4.78, 5) is 14.6. The Morgan fingerprint density at radius 1 is 1.16 bits per heavy atom. The number of amides is 1. The van der Waals surface area contributed by atoms with Gasteiger partial charge in [-0.05, 0) is 32.0 Å². The summed E-state index contributed by atoms with van der Waals surface area (Å²) in [6, 6.07) is 5.60. The van der Waals surface area contributed by atoms with Crippen molar-refractivity contribution in [1.29, 1.82) is 0 Å². The molecule has 2 aliphatic rings. The van der Waals surface area contributed by atoms with Crippen molar-refractivity contribution in [1.82, 2.24) is 25.2 Å². The normalized spacial score (nSPS) is 17.2. The van der Waals surface area contributed by atoms with Crippen LogP contribution in [-0.4, -0.2) is 65.2 Å². The molecule has 3 heterocycles. The van der Waals surface area contributed by atoms with E-state index in [0.717, 1.165) is 43.2 Å². The van der Waals surface area contributed by atoms with Crippen LogP contribution in [0.4, 0.5) is 0 Å². The van der Waals surface area contributed by atoms with Crippen molar-refractivity contribution >= 4 is 5.91 Å². The molecule has 2 aromatic rings. The molecule has 2 aliphatic heterocycles. The lowest BCUT2D eigenvalue weighted by molar-refractivity contribution is 0.0759. The first kappa shape index (κ1) is 15.9. The summed E-state index contributed by atoms with van der Waals surface area (Å²) in [6.07, 6.45) is 0.946. The highest BCUT2D eigenvalue weighted by Crippen LogP contribution is 2.32. The third-order valence-electron chi connectivity index (χ3n) is 4.49. The van der Waals surface area contributed by atoms with Gasteiger partial charge in [-0.25, -0.2) is 4.68 Å². The van der Waals surface area contributed by atoms with Crippen LogP contribution >= 0.6 is 0 Å². The molecule has 1 amide bonds. The molecule has 0 unspecified atom stereocenters. The van der Waals surface area contributed by atoms with Crippen molar-refractivity contribution in [3.05, 3.63) is 29.6 Å². The van der Waals surface area contributed by atoms with Crippen LogP contribution in [0, 0.1) is 6.92 Å². The first-order chi connectivity index (χ1) is 12.2. The minimum atomic E-state index is -0.0648. The van der Waals surface area contributed by atoms with Crippen molar-refractivity contribution in [3.63, 3.8) is 0 Å². The molecule has 132 valence electrons. The van der Waals surface area contributed by atoms with Crippen molar-refractivity contribution in [2.45, 2.75) is 13.3 Å². The van der Waals surface area contributed by atoms with E-state index in [4.69, 9.17) is 9.47 Å². The molecule has 1 aromatic heterocycles. The Labute approximate surface area is 145 Å². The third kappa shape index (κ3) is 3.05. The minimum Gasteiger partial charge on any atom is -0.486 e. The topological polar surface area (TPSA) is 81.5 Å². The Hall–Kier alpha value is -2.61. The lowest BCUT2D eigenvalue weighted by Gasteiger charge is -2.19. The Balaban J connectivity index is 1.61. The second kappa shape index (κ2) is 6.72. The minimum absolute atomic E-state index is 0.0648. The van der Waals surface area contributed by atoms with Crippen LogP contribution in [0.2, 0.25) is 0 Å². The van der Waals surface area contributed by atoms with E-state index in [1.807, 2.05) is 30.0 Å². The summed E-state index contributed by atoms with van der Waals surface area (Å²) in [5.74, 6) is 1.34. The Kier molecular flexibility index (Phi) is 4.27. The molecule has 0 radical (unpaired) electrons. The summed E-state index contributed by atoms with van der Waals surface area (Å²) in [5.41, 5.74) is 1.92. The highest BCUT2D eigenvalue weighted by molar-refractivity contribution is 5.93. The van der Waals surface area contributed by atoms with Gasteiger partial charge in [-0.3, -0.25) is 4.79 Å². The Bertz CT molecular complexity index is 781. The number of hydrogen-bond acceptors (Lipinski definition) is 6. The van der Waals surface area contributed by atoms with Gasteiger partial charge < -0.3 is 19.7 Å². The predicted molar refractivity (Wildman–Crippen MR) is 90.5 cm³/mol. The number of ether oxygens (including phenoxy) is 2. The highest BCUT2D eigenvalue weighted by Gasteiger charge is 2.24. The average Bonchev–Trinajstić information content (AvgIpc) is 2.85. The molecule has 0 saturated carbocycles. The highest BCUT2D eigenvalue weighted by atomic mass is 16.6. The molecule has 0 aliphatic carbocycles. The summed E-state index contributed by atoms with van der Waals surface area (Å²) in [5, 5.41) is 11.6. The SMILES string of the molecule is Cc1c(C(=O)N2CCCNCC2)nnn1-c1ccc2c(c1)OCCO2. The standard InChI is InChI=1S/C17H21N5O3/c1-12-16(17(23)21-7-2-5-18-6-8-21)19-20-22(12)13-3-4-14-15(11-13)25-10-9-24-14/h3-4,11,18H,2,5-10H2,1H3. The van der Waals surface area contributed by atoms with E-state index >= 15 is 0 Å². The van der Waals surface area contributed by atoms with Crippen LogP contribution in [-0.2, 0) is 0 Å². The van der Waals surface area contributed by atoms with Crippen LogP contribution in [0.25, 0.3) is 5.69 Å². The maximum Gasteiger partial charge on any atom is 0.276 e. The molecule has 8 heteroatoms. The van der Waals surface area contributed by atoms with Gasteiger partial charge in [-0.1, -0.05) is 5.21 Å². The van der Waals surface area contributed by atoms with E-state index in [0.29, 0.717) is 31.2 Å². The number of nitrogens with one attached hydrogen (secondary N) is 1. The molecule has 4 rings (SSSR count). The van der Waals surface area contributed by atoms with Gasteiger partial charge in [0.05, 0.1) is 11.4 Å².